The predicted octanol–water partition coefficient (Wildman–Crippen LogP) is 6.73. The van der Waals surface area contributed by atoms with E-state index in [1.165, 1.54) is 12.4 Å². The maximum Gasteiger partial charge on any atom is 0.391 e. The number of amides is 1. The SMILES string of the molecule is CC1=CC(c2cccc(C(=O)Nc3cnccc3[C@H]3CCC[C@@H](C(F)(F)F)C3)n2)C(F)CC1. The minimum absolute atomic E-state index is 0.00459. The number of pyridine rings is 2. The van der Waals surface area contributed by atoms with E-state index in [4.69, 9.17) is 0 Å². The molecule has 8 heteroatoms. The normalized spacial score (nSPS) is 25.9. The van der Waals surface area contributed by atoms with E-state index in [2.05, 4.69) is 15.3 Å². The van der Waals surface area contributed by atoms with Crippen molar-refractivity contribution in [1.82, 2.24) is 9.97 Å². The van der Waals surface area contributed by atoms with Crippen molar-refractivity contribution in [3.63, 3.8) is 0 Å². The van der Waals surface area contributed by atoms with Crippen LogP contribution >= 0.6 is 0 Å². The van der Waals surface area contributed by atoms with Crippen LogP contribution in [0.15, 0.2) is 48.3 Å². The molecule has 2 aliphatic rings. The highest BCUT2D eigenvalue weighted by Crippen LogP contribution is 2.45. The van der Waals surface area contributed by atoms with E-state index < -0.39 is 30.1 Å². The molecular formula is C25H27F4N3O. The second kappa shape index (κ2) is 9.61. The number of carbonyl (C=O) groups excluding carboxylic acids is 1. The zero-order valence-corrected chi connectivity index (χ0v) is 18.4. The van der Waals surface area contributed by atoms with Crippen LogP contribution in [-0.2, 0) is 0 Å². The quantitative estimate of drug-likeness (QED) is 0.406. The number of hydrogen-bond acceptors (Lipinski definition) is 3. The molecule has 4 atom stereocenters. The van der Waals surface area contributed by atoms with Crippen LogP contribution in [-0.4, -0.2) is 28.2 Å². The van der Waals surface area contributed by atoms with Gasteiger partial charge in [-0.3, -0.25) is 9.78 Å². The zero-order valence-electron chi connectivity index (χ0n) is 18.4. The summed E-state index contributed by atoms with van der Waals surface area (Å²) in [6.07, 6.45) is 1.92. The lowest BCUT2D eigenvalue weighted by Gasteiger charge is -2.31. The monoisotopic (exact) mass is 461 g/mol. The summed E-state index contributed by atoms with van der Waals surface area (Å²) in [6.45, 7) is 1.95. The second-order valence-corrected chi connectivity index (χ2v) is 9.06. The minimum Gasteiger partial charge on any atom is -0.319 e. The first kappa shape index (κ1) is 23.4. The van der Waals surface area contributed by atoms with Crippen LogP contribution in [0.3, 0.4) is 0 Å². The fraction of sp³-hybridized carbons (Fsp3) is 0.480. The molecule has 0 spiro atoms. The lowest BCUT2D eigenvalue weighted by molar-refractivity contribution is -0.183. The molecule has 2 unspecified atom stereocenters. The number of rotatable bonds is 4. The first-order valence-corrected chi connectivity index (χ1v) is 11.3. The molecule has 1 saturated carbocycles. The van der Waals surface area contributed by atoms with Gasteiger partial charge in [0.1, 0.15) is 11.9 Å². The average Bonchev–Trinajstić information content (AvgIpc) is 2.80. The van der Waals surface area contributed by atoms with Gasteiger partial charge in [0.25, 0.3) is 5.91 Å². The number of alkyl halides is 4. The van der Waals surface area contributed by atoms with Crippen molar-refractivity contribution in [3.8, 4) is 0 Å². The molecular weight excluding hydrogens is 434 g/mol. The van der Waals surface area contributed by atoms with Gasteiger partial charge in [0.15, 0.2) is 0 Å². The van der Waals surface area contributed by atoms with Gasteiger partial charge in [-0.15, -0.1) is 0 Å². The molecule has 1 amide bonds. The third-order valence-corrected chi connectivity index (χ3v) is 6.69. The molecule has 1 fully saturated rings. The smallest absolute Gasteiger partial charge is 0.319 e. The van der Waals surface area contributed by atoms with Crippen LogP contribution in [0.5, 0.6) is 0 Å². The summed E-state index contributed by atoms with van der Waals surface area (Å²) >= 11 is 0. The van der Waals surface area contributed by atoms with Crippen LogP contribution in [0, 0.1) is 5.92 Å². The minimum atomic E-state index is -4.22. The van der Waals surface area contributed by atoms with Gasteiger partial charge in [0.2, 0.25) is 0 Å². The van der Waals surface area contributed by atoms with Gasteiger partial charge in [-0.25, -0.2) is 9.37 Å². The second-order valence-electron chi connectivity index (χ2n) is 9.06. The Morgan fingerprint density at radius 1 is 1.15 bits per heavy atom. The molecule has 4 rings (SSSR count). The van der Waals surface area contributed by atoms with E-state index in [0.717, 1.165) is 5.57 Å². The standard InChI is InChI=1S/C25H27F4N3O/c1-15-8-9-20(26)19(12-15)21-6-3-7-22(31-21)24(33)32-23-14-30-11-10-18(23)16-4-2-5-17(13-16)25(27,28)29/h3,6-7,10-12,14,16-17,19-20H,2,4-5,8-9,13H2,1H3,(H,32,33)/t16-,17+,19?,20?/m0/s1. The van der Waals surface area contributed by atoms with Crippen LogP contribution < -0.4 is 5.32 Å². The van der Waals surface area contributed by atoms with E-state index in [-0.39, 0.29) is 24.5 Å². The average molecular weight is 462 g/mol. The van der Waals surface area contributed by atoms with Gasteiger partial charge in [-0.05, 0) is 68.7 Å². The molecule has 0 saturated heterocycles. The third kappa shape index (κ3) is 5.42. The number of carbonyl (C=O) groups is 1. The molecule has 2 heterocycles. The molecule has 4 nitrogen and oxygen atoms in total. The maximum absolute atomic E-state index is 14.5. The van der Waals surface area contributed by atoms with Crippen LogP contribution in [0.1, 0.15) is 79.0 Å². The molecule has 2 aromatic heterocycles. The Labute approximate surface area is 190 Å². The van der Waals surface area contributed by atoms with Gasteiger partial charge in [-0.1, -0.05) is 24.1 Å². The van der Waals surface area contributed by atoms with Crippen molar-refractivity contribution in [1.29, 1.82) is 0 Å². The van der Waals surface area contributed by atoms with Crippen molar-refractivity contribution in [2.75, 3.05) is 5.32 Å². The highest BCUT2D eigenvalue weighted by molar-refractivity contribution is 6.03. The van der Waals surface area contributed by atoms with E-state index in [1.54, 1.807) is 24.3 Å². The number of nitrogens with zero attached hydrogens (tertiary/aromatic N) is 2. The van der Waals surface area contributed by atoms with Crippen molar-refractivity contribution < 1.29 is 22.4 Å². The van der Waals surface area contributed by atoms with Crippen molar-refractivity contribution in [2.45, 2.75) is 69.6 Å². The van der Waals surface area contributed by atoms with Gasteiger partial charge in [0.05, 0.1) is 29.4 Å². The van der Waals surface area contributed by atoms with E-state index in [0.29, 0.717) is 42.6 Å². The van der Waals surface area contributed by atoms with Gasteiger partial charge >= 0.3 is 6.18 Å². The first-order chi connectivity index (χ1) is 15.7. The number of nitrogens with one attached hydrogen (secondary N) is 1. The molecule has 33 heavy (non-hydrogen) atoms. The molecule has 0 aliphatic heterocycles. The Kier molecular flexibility index (Phi) is 6.81. The van der Waals surface area contributed by atoms with E-state index in [9.17, 15) is 22.4 Å². The maximum atomic E-state index is 14.5. The van der Waals surface area contributed by atoms with Gasteiger partial charge < -0.3 is 5.32 Å². The van der Waals surface area contributed by atoms with Crippen LogP contribution in [0.2, 0.25) is 0 Å². The van der Waals surface area contributed by atoms with Gasteiger partial charge in [-0.2, -0.15) is 13.2 Å². The van der Waals surface area contributed by atoms with Crippen molar-refractivity contribution >= 4 is 11.6 Å². The summed E-state index contributed by atoms with van der Waals surface area (Å²) in [5, 5.41) is 2.77. The largest absolute Gasteiger partial charge is 0.391 e. The summed E-state index contributed by atoms with van der Waals surface area (Å²) in [5.74, 6) is -2.65. The Morgan fingerprint density at radius 3 is 2.76 bits per heavy atom. The Bertz CT molecular complexity index is 1040. The lowest BCUT2D eigenvalue weighted by atomic mass is 9.77. The molecule has 0 radical (unpaired) electrons. The lowest BCUT2D eigenvalue weighted by Crippen LogP contribution is -2.28. The molecule has 2 aromatic rings. The first-order valence-electron chi connectivity index (χ1n) is 11.3. The Morgan fingerprint density at radius 2 is 1.97 bits per heavy atom. The van der Waals surface area contributed by atoms with E-state index in [1.807, 2.05) is 13.0 Å². The number of allylic oxidation sites excluding steroid dienone is 2. The van der Waals surface area contributed by atoms with Crippen LogP contribution in [0.25, 0.3) is 0 Å². The van der Waals surface area contributed by atoms with Gasteiger partial charge in [0, 0.05) is 6.20 Å². The summed E-state index contributed by atoms with van der Waals surface area (Å²) < 4.78 is 54.3. The van der Waals surface area contributed by atoms with Crippen molar-refractivity contribution in [3.05, 3.63) is 65.3 Å². The Hall–Kier alpha value is -2.77. The number of aromatic nitrogens is 2. The summed E-state index contributed by atoms with van der Waals surface area (Å²) in [6, 6.07) is 6.59. The number of halogens is 4. The fourth-order valence-corrected chi connectivity index (χ4v) is 4.90. The summed E-state index contributed by atoms with van der Waals surface area (Å²) in [5.41, 5.74) is 2.75. The highest BCUT2D eigenvalue weighted by Gasteiger charge is 2.42. The zero-order chi connectivity index (χ0) is 23.6. The third-order valence-electron chi connectivity index (χ3n) is 6.69. The summed E-state index contributed by atoms with van der Waals surface area (Å²) in [7, 11) is 0. The molecule has 1 N–H and O–H groups in total. The van der Waals surface area contributed by atoms with Crippen molar-refractivity contribution in [2.24, 2.45) is 5.92 Å². The number of hydrogen-bond donors (Lipinski definition) is 1. The Balaban J connectivity index is 1.54. The molecule has 0 bridgehead atoms. The molecule has 0 aromatic carbocycles. The topological polar surface area (TPSA) is 54.9 Å². The number of anilines is 1. The highest BCUT2D eigenvalue weighted by atomic mass is 19.4. The van der Waals surface area contributed by atoms with E-state index >= 15 is 0 Å². The molecule has 176 valence electrons. The predicted molar refractivity (Wildman–Crippen MR) is 118 cm³/mol. The fourth-order valence-electron chi connectivity index (χ4n) is 4.90. The summed E-state index contributed by atoms with van der Waals surface area (Å²) in [4.78, 5) is 21.4. The van der Waals surface area contributed by atoms with Crippen LogP contribution in [0.4, 0.5) is 23.2 Å². The molecule has 2 aliphatic carbocycles.